The van der Waals surface area contributed by atoms with E-state index < -0.39 is 72.5 Å². The molecule has 0 fully saturated rings. The van der Waals surface area contributed by atoms with Crippen LogP contribution in [0, 0.1) is 0 Å². The number of aliphatic hydroxyl groups is 2. The molecule has 11 N–H and O–H groups in total. The van der Waals surface area contributed by atoms with Crippen LogP contribution in [0.1, 0.15) is 39.5 Å². The molecule has 32 heavy (non-hydrogen) atoms. The molecule has 0 aliphatic rings. The molecule has 184 valence electrons. The number of unbranched alkanes of at least 4 members (excludes halogenated alkanes) is 1. The van der Waals surface area contributed by atoms with Crippen molar-refractivity contribution >= 4 is 29.7 Å². The van der Waals surface area contributed by atoms with Gasteiger partial charge in [0.25, 0.3) is 0 Å². The van der Waals surface area contributed by atoms with Gasteiger partial charge in [0.1, 0.15) is 18.1 Å². The van der Waals surface area contributed by atoms with Crippen molar-refractivity contribution < 1.29 is 44.4 Å². The summed E-state index contributed by atoms with van der Waals surface area (Å²) in [6.07, 6.45) is -2.37. The van der Waals surface area contributed by atoms with Crippen molar-refractivity contribution in [1.82, 2.24) is 16.0 Å². The average Bonchev–Trinajstić information content (AvgIpc) is 2.68. The largest absolute Gasteiger partial charge is 0.481 e. The lowest BCUT2D eigenvalue weighted by Crippen LogP contribution is -2.61. The van der Waals surface area contributed by atoms with Gasteiger partial charge in [-0.25, -0.2) is 4.79 Å². The third-order valence-electron chi connectivity index (χ3n) is 4.42. The summed E-state index contributed by atoms with van der Waals surface area (Å²) in [6, 6.07) is -6.02. The molecule has 0 heterocycles. The fourth-order valence-corrected chi connectivity index (χ4v) is 2.59. The van der Waals surface area contributed by atoms with Crippen molar-refractivity contribution in [3.05, 3.63) is 0 Å². The monoisotopic (exact) mass is 463 g/mol. The maximum absolute atomic E-state index is 12.6. The molecule has 0 bridgehead atoms. The molecule has 0 aromatic carbocycles. The first-order valence-corrected chi connectivity index (χ1v) is 9.99. The molecule has 0 radical (unpaired) electrons. The van der Waals surface area contributed by atoms with Gasteiger partial charge in [0.2, 0.25) is 17.7 Å². The van der Waals surface area contributed by atoms with Crippen molar-refractivity contribution in [1.29, 1.82) is 0 Å². The Kier molecular flexibility index (Phi) is 13.0. The Morgan fingerprint density at radius 2 is 1.28 bits per heavy atom. The normalized spacial score (nSPS) is 16.6. The second kappa shape index (κ2) is 14.3. The first-order chi connectivity index (χ1) is 14.8. The van der Waals surface area contributed by atoms with Crippen LogP contribution in [0.25, 0.3) is 0 Å². The molecule has 14 nitrogen and oxygen atoms in total. The van der Waals surface area contributed by atoms with E-state index in [9.17, 15) is 34.2 Å². The number of aliphatic hydroxyl groups excluding tert-OH is 2. The number of hydrogen-bond donors (Lipinski definition) is 9. The van der Waals surface area contributed by atoms with Crippen LogP contribution in [-0.4, -0.2) is 93.0 Å². The Hall–Kier alpha value is -2.81. The van der Waals surface area contributed by atoms with Gasteiger partial charge in [-0.1, -0.05) is 6.42 Å². The minimum absolute atomic E-state index is 0.288. The van der Waals surface area contributed by atoms with Gasteiger partial charge in [-0.15, -0.1) is 0 Å². The molecule has 0 saturated heterocycles. The molecule has 14 heteroatoms. The van der Waals surface area contributed by atoms with Crippen LogP contribution in [0.4, 0.5) is 0 Å². The predicted octanol–water partition coefficient (Wildman–Crippen LogP) is -3.78. The Morgan fingerprint density at radius 3 is 1.69 bits per heavy atom. The van der Waals surface area contributed by atoms with Crippen LogP contribution >= 0.6 is 0 Å². The number of aliphatic carboxylic acids is 2. The third kappa shape index (κ3) is 10.5. The van der Waals surface area contributed by atoms with E-state index in [1.807, 2.05) is 5.32 Å². The Labute approximate surface area is 184 Å². The van der Waals surface area contributed by atoms with E-state index in [1.165, 1.54) is 6.92 Å². The maximum atomic E-state index is 12.6. The molecule has 0 aliphatic heterocycles. The zero-order chi connectivity index (χ0) is 25.0. The van der Waals surface area contributed by atoms with E-state index in [0.29, 0.717) is 19.4 Å². The lowest BCUT2D eigenvalue weighted by molar-refractivity contribution is -0.148. The van der Waals surface area contributed by atoms with E-state index in [-0.39, 0.29) is 6.42 Å². The van der Waals surface area contributed by atoms with Gasteiger partial charge >= 0.3 is 11.9 Å². The minimum atomic E-state index is -1.81. The molecule has 0 aromatic heterocycles. The standard InChI is InChI=1S/C18H33N5O9/c1-8(24)13(16(29)21-11(18(31)32)7-12(26)27)23-17(30)14(9(2)25)22-15(28)10(20)5-3-4-6-19/h8-11,13-14,24-25H,3-7,19-20H2,1-2H3,(H,21,29)(H,22,28)(H,23,30)(H,26,27)(H,31,32). The second-order valence-corrected chi connectivity index (χ2v) is 7.34. The number of hydrogen-bond acceptors (Lipinski definition) is 9. The summed E-state index contributed by atoms with van der Waals surface area (Å²) in [5.74, 6) is -6.07. The van der Waals surface area contributed by atoms with Crippen LogP contribution in [0.15, 0.2) is 0 Å². The van der Waals surface area contributed by atoms with Gasteiger partial charge in [-0.3, -0.25) is 19.2 Å². The second-order valence-electron chi connectivity index (χ2n) is 7.34. The van der Waals surface area contributed by atoms with Crippen LogP contribution in [0.5, 0.6) is 0 Å². The third-order valence-corrected chi connectivity index (χ3v) is 4.42. The number of carboxylic acids is 2. The summed E-state index contributed by atoms with van der Waals surface area (Å²) in [7, 11) is 0. The molecule has 0 rings (SSSR count). The lowest BCUT2D eigenvalue weighted by atomic mass is 10.1. The van der Waals surface area contributed by atoms with Gasteiger partial charge in [0, 0.05) is 0 Å². The Morgan fingerprint density at radius 1 is 0.812 bits per heavy atom. The molecule has 6 atom stereocenters. The smallest absolute Gasteiger partial charge is 0.326 e. The highest BCUT2D eigenvalue weighted by Gasteiger charge is 2.34. The molecular formula is C18H33N5O9. The van der Waals surface area contributed by atoms with Crippen molar-refractivity contribution in [2.75, 3.05) is 6.54 Å². The molecule has 3 amide bonds. The quantitative estimate of drug-likeness (QED) is 0.106. The van der Waals surface area contributed by atoms with Crippen molar-refractivity contribution in [2.45, 2.75) is 75.9 Å². The number of amides is 3. The zero-order valence-corrected chi connectivity index (χ0v) is 18.0. The molecule has 0 spiro atoms. The van der Waals surface area contributed by atoms with Crippen LogP contribution in [0.3, 0.4) is 0 Å². The van der Waals surface area contributed by atoms with Crippen molar-refractivity contribution in [2.24, 2.45) is 11.5 Å². The average molecular weight is 463 g/mol. The van der Waals surface area contributed by atoms with Gasteiger partial charge < -0.3 is 47.8 Å². The first kappa shape index (κ1) is 29.2. The fourth-order valence-electron chi connectivity index (χ4n) is 2.59. The van der Waals surface area contributed by atoms with E-state index >= 15 is 0 Å². The highest BCUT2D eigenvalue weighted by molar-refractivity contribution is 5.95. The van der Waals surface area contributed by atoms with Gasteiger partial charge in [0.15, 0.2) is 0 Å². The van der Waals surface area contributed by atoms with Crippen LogP contribution in [-0.2, 0) is 24.0 Å². The Bertz CT molecular complexity index is 671. The number of carbonyl (C=O) groups is 5. The van der Waals surface area contributed by atoms with E-state index in [0.717, 1.165) is 6.92 Å². The highest BCUT2D eigenvalue weighted by atomic mass is 16.4. The summed E-state index contributed by atoms with van der Waals surface area (Å²) in [6.45, 7) is 2.75. The number of nitrogens with one attached hydrogen (secondary N) is 3. The predicted molar refractivity (Wildman–Crippen MR) is 110 cm³/mol. The molecule has 0 aromatic rings. The van der Waals surface area contributed by atoms with E-state index in [1.54, 1.807) is 0 Å². The van der Waals surface area contributed by atoms with Crippen LogP contribution in [0.2, 0.25) is 0 Å². The molecule has 6 unspecified atom stereocenters. The summed E-state index contributed by atoms with van der Waals surface area (Å²) < 4.78 is 0. The Balaban J connectivity index is 5.27. The van der Waals surface area contributed by atoms with Crippen LogP contribution < -0.4 is 27.4 Å². The van der Waals surface area contributed by atoms with Gasteiger partial charge in [-0.2, -0.15) is 0 Å². The molecule has 0 aliphatic carbocycles. The minimum Gasteiger partial charge on any atom is -0.481 e. The zero-order valence-electron chi connectivity index (χ0n) is 18.0. The lowest BCUT2D eigenvalue weighted by Gasteiger charge is -2.27. The summed E-state index contributed by atoms with van der Waals surface area (Å²) in [4.78, 5) is 59.1. The molecular weight excluding hydrogens is 430 g/mol. The van der Waals surface area contributed by atoms with Gasteiger partial charge in [0.05, 0.1) is 24.7 Å². The number of carboxylic acid groups (broad SMARTS) is 2. The van der Waals surface area contributed by atoms with E-state index in [2.05, 4.69) is 10.6 Å². The summed E-state index contributed by atoms with van der Waals surface area (Å²) >= 11 is 0. The summed E-state index contributed by atoms with van der Waals surface area (Å²) in [5, 5.41) is 43.8. The van der Waals surface area contributed by atoms with Crippen molar-refractivity contribution in [3.8, 4) is 0 Å². The fraction of sp³-hybridized carbons (Fsp3) is 0.722. The highest BCUT2D eigenvalue weighted by Crippen LogP contribution is 2.03. The maximum Gasteiger partial charge on any atom is 0.326 e. The SMILES string of the molecule is CC(O)C(NC(=O)C(N)CCCCN)C(=O)NC(C(=O)NC(CC(=O)O)C(=O)O)C(C)O. The first-order valence-electron chi connectivity index (χ1n) is 9.99. The van der Waals surface area contributed by atoms with Crippen molar-refractivity contribution in [3.63, 3.8) is 0 Å². The summed E-state index contributed by atoms with van der Waals surface area (Å²) in [5.41, 5.74) is 11.1. The van der Waals surface area contributed by atoms with E-state index in [4.69, 9.17) is 21.7 Å². The van der Waals surface area contributed by atoms with Gasteiger partial charge in [-0.05, 0) is 33.2 Å². The number of nitrogens with two attached hydrogens (primary N) is 2. The number of carbonyl (C=O) groups excluding carboxylic acids is 3. The number of rotatable bonds is 15. The topological polar surface area (TPSA) is 254 Å². The molecule has 0 saturated carbocycles.